The fourth-order valence-electron chi connectivity index (χ4n) is 0.576. The fourth-order valence-corrected chi connectivity index (χ4v) is 0.576. The van der Waals surface area contributed by atoms with Gasteiger partial charge in [-0.15, -0.1) is 0 Å². The van der Waals surface area contributed by atoms with E-state index < -0.39 is 5.41 Å². The monoisotopic (exact) mass is 207 g/mol. The number of carbonyl (C=O) groups excluding carboxylic acids is 1. The third-order valence-electron chi connectivity index (χ3n) is 1.31. The first kappa shape index (κ1) is 15.8. The van der Waals surface area contributed by atoms with Gasteiger partial charge in [-0.1, -0.05) is 0 Å². The molecule has 14 heavy (non-hydrogen) atoms. The maximum Gasteiger partial charge on any atom is 0.311 e. The lowest BCUT2D eigenvalue weighted by Gasteiger charge is -2.16. The van der Waals surface area contributed by atoms with Gasteiger partial charge in [-0.25, -0.2) is 0 Å². The van der Waals surface area contributed by atoms with Crippen molar-refractivity contribution in [1.29, 1.82) is 0 Å². The molecule has 0 bridgehead atoms. The van der Waals surface area contributed by atoms with Crippen molar-refractivity contribution in [2.24, 2.45) is 5.41 Å². The third-order valence-corrected chi connectivity index (χ3v) is 1.31. The van der Waals surface area contributed by atoms with Crippen molar-refractivity contribution in [2.45, 2.75) is 20.8 Å². The molecule has 0 aliphatic rings. The van der Waals surface area contributed by atoms with Crippen LogP contribution in [0.5, 0.6) is 0 Å². The van der Waals surface area contributed by atoms with Gasteiger partial charge in [0.25, 0.3) is 0 Å². The second kappa shape index (κ2) is 7.73. The molecule has 0 aromatic rings. The Labute approximate surface area is 85.0 Å². The lowest BCUT2D eigenvalue weighted by atomic mass is 9.97. The molecule has 0 heterocycles. The second-order valence-corrected chi connectivity index (χ2v) is 3.72. The Morgan fingerprint density at radius 3 is 2.21 bits per heavy atom. The molecule has 0 aliphatic heterocycles. The lowest BCUT2D eigenvalue weighted by molar-refractivity contribution is -0.154. The molecule has 0 rings (SSSR count). The minimum absolute atomic E-state index is 0. The average Bonchev–Trinajstić information content (AvgIpc) is 2.02. The molecule has 0 aliphatic carbocycles. The zero-order valence-corrected chi connectivity index (χ0v) is 9.21. The van der Waals surface area contributed by atoms with E-state index in [9.17, 15) is 4.79 Å². The first-order chi connectivity index (χ1) is 5.98. The summed E-state index contributed by atoms with van der Waals surface area (Å²) in [6, 6.07) is 0. The molecule has 0 saturated heterocycles. The molecule has 0 aromatic carbocycles. The zero-order chi connectivity index (χ0) is 10.3. The first-order valence-corrected chi connectivity index (χ1v) is 4.34. The van der Waals surface area contributed by atoms with Crippen molar-refractivity contribution in [3.8, 4) is 0 Å². The van der Waals surface area contributed by atoms with Crippen LogP contribution < -0.4 is 6.15 Å². The summed E-state index contributed by atoms with van der Waals surface area (Å²) in [6.07, 6.45) is 0. The minimum Gasteiger partial charge on any atom is -0.463 e. The van der Waals surface area contributed by atoms with E-state index in [-0.39, 0.29) is 31.9 Å². The number of hydrogen-bond donors (Lipinski definition) is 2. The van der Waals surface area contributed by atoms with Gasteiger partial charge in [0.05, 0.1) is 25.2 Å². The number of esters is 1. The van der Waals surface area contributed by atoms with Crippen LogP contribution in [0.25, 0.3) is 0 Å². The van der Waals surface area contributed by atoms with Crippen LogP contribution in [0.3, 0.4) is 0 Å². The van der Waals surface area contributed by atoms with E-state index in [4.69, 9.17) is 14.6 Å². The van der Waals surface area contributed by atoms with Gasteiger partial charge in [0, 0.05) is 0 Å². The van der Waals surface area contributed by atoms with Crippen LogP contribution in [-0.2, 0) is 14.3 Å². The fraction of sp³-hybridized carbons (Fsp3) is 0.889. The molecular formula is C9H21NO4. The number of rotatable bonds is 5. The number of carbonyl (C=O) groups is 1. The van der Waals surface area contributed by atoms with Crippen LogP contribution >= 0.6 is 0 Å². The molecule has 5 nitrogen and oxygen atoms in total. The topological polar surface area (TPSA) is 90.8 Å². The van der Waals surface area contributed by atoms with Gasteiger partial charge >= 0.3 is 5.97 Å². The SMILES string of the molecule is CC(C)(C)C(=O)OCCOCCO.N. The van der Waals surface area contributed by atoms with Crippen LogP contribution in [0, 0.1) is 5.41 Å². The highest BCUT2D eigenvalue weighted by molar-refractivity contribution is 5.75. The van der Waals surface area contributed by atoms with Gasteiger partial charge in [-0.3, -0.25) is 4.79 Å². The largest absolute Gasteiger partial charge is 0.463 e. The van der Waals surface area contributed by atoms with E-state index >= 15 is 0 Å². The Kier molecular flexibility index (Phi) is 8.72. The van der Waals surface area contributed by atoms with Crippen LogP contribution in [0.2, 0.25) is 0 Å². The molecule has 0 saturated carbocycles. The van der Waals surface area contributed by atoms with Gasteiger partial charge in [0.1, 0.15) is 6.61 Å². The summed E-state index contributed by atoms with van der Waals surface area (Å²) in [5.74, 6) is -0.236. The second-order valence-electron chi connectivity index (χ2n) is 3.72. The van der Waals surface area contributed by atoms with Crippen molar-refractivity contribution < 1.29 is 19.4 Å². The molecule has 86 valence electrons. The number of ether oxygens (including phenoxy) is 2. The van der Waals surface area contributed by atoms with Gasteiger partial charge in [-0.05, 0) is 20.8 Å². The molecule has 0 atom stereocenters. The summed E-state index contributed by atoms with van der Waals surface area (Å²) in [6.45, 7) is 6.25. The predicted octanol–water partition coefficient (Wildman–Crippen LogP) is 0.747. The summed E-state index contributed by atoms with van der Waals surface area (Å²) in [5.41, 5.74) is -0.461. The van der Waals surface area contributed by atoms with Crippen molar-refractivity contribution in [2.75, 3.05) is 26.4 Å². The molecule has 0 amide bonds. The van der Waals surface area contributed by atoms with Crippen molar-refractivity contribution >= 4 is 5.97 Å². The lowest BCUT2D eigenvalue weighted by Crippen LogP contribution is -2.24. The highest BCUT2D eigenvalue weighted by Crippen LogP contribution is 2.14. The summed E-state index contributed by atoms with van der Waals surface area (Å²) in [5, 5.41) is 8.37. The van der Waals surface area contributed by atoms with Crippen molar-refractivity contribution in [3.05, 3.63) is 0 Å². The Bertz CT molecular complexity index is 153. The Hall–Kier alpha value is -0.650. The minimum atomic E-state index is -0.461. The smallest absolute Gasteiger partial charge is 0.311 e. The van der Waals surface area contributed by atoms with E-state index in [2.05, 4.69) is 0 Å². The number of aliphatic hydroxyl groups is 1. The van der Waals surface area contributed by atoms with Crippen molar-refractivity contribution in [1.82, 2.24) is 6.15 Å². The molecule has 0 fully saturated rings. The van der Waals surface area contributed by atoms with Crippen LogP contribution in [0.15, 0.2) is 0 Å². The molecule has 0 spiro atoms. The van der Waals surface area contributed by atoms with E-state index in [1.54, 1.807) is 20.8 Å². The molecule has 0 aromatic heterocycles. The molecular weight excluding hydrogens is 186 g/mol. The van der Waals surface area contributed by atoms with Crippen molar-refractivity contribution in [3.63, 3.8) is 0 Å². The van der Waals surface area contributed by atoms with E-state index in [1.807, 2.05) is 0 Å². The molecule has 0 unspecified atom stereocenters. The maximum absolute atomic E-state index is 11.2. The Morgan fingerprint density at radius 2 is 1.79 bits per heavy atom. The predicted molar refractivity (Wildman–Crippen MR) is 53.3 cm³/mol. The summed E-state index contributed by atoms with van der Waals surface area (Å²) >= 11 is 0. The normalized spacial score (nSPS) is 10.6. The standard InChI is InChI=1S/C9H18O4.H3N/c1-9(2,3)8(11)13-7-6-12-5-4-10;/h10H,4-7H2,1-3H3;1H3. The van der Waals surface area contributed by atoms with Gasteiger partial charge < -0.3 is 20.7 Å². The Morgan fingerprint density at radius 1 is 1.21 bits per heavy atom. The van der Waals surface area contributed by atoms with Gasteiger partial charge in [0.15, 0.2) is 0 Å². The zero-order valence-electron chi connectivity index (χ0n) is 9.21. The van der Waals surface area contributed by atoms with E-state index in [0.29, 0.717) is 6.61 Å². The first-order valence-electron chi connectivity index (χ1n) is 4.34. The summed E-state index contributed by atoms with van der Waals surface area (Å²) in [4.78, 5) is 11.2. The average molecular weight is 207 g/mol. The molecule has 4 N–H and O–H groups in total. The highest BCUT2D eigenvalue weighted by Gasteiger charge is 2.22. The van der Waals surface area contributed by atoms with E-state index in [0.717, 1.165) is 0 Å². The number of hydrogen-bond acceptors (Lipinski definition) is 5. The van der Waals surface area contributed by atoms with E-state index in [1.165, 1.54) is 0 Å². The molecule has 5 heteroatoms. The quantitative estimate of drug-likeness (QED) is 0.512. The highest BCUT2D eigenvalue weighted by atomic mass is 16.6. The summed E-state index contributed by atoms with van der Waals surface area (Å²) < 4.78 is 9.83. The third kappa shape index (κ3) is 7.97. The van der Waals surface area contributed by atoms with Crippen LogP contribution in [0.1, 0.15) is 20.8 Å². The maximum atomic E-state index is 11.2. The van der Waals surface area contributed by atoms with Crippen LogP contribution in [0.4, 0.5) is 0 Å². The van der Waals surface area contributed by atoms with Crippen LogP contribution in [-0.4, -0.2) is 37.5 Å². The number of aliphatic hydroxyl groups excluding tert-OH is 1. The van der Waals surface area contributed by atoms with Gasteiger partial charge in [-0.2, -0.15) is 0 Å². The molecule has 0 radical (unpaired) electrons. The van der Waals surface area contributed by atoms with Gasteiger partial charge in [0.2, 0.25) is 0 Å². The Balaban J connectivity index is 0. The summed E-state index contributed by atoms with van der Waals surface area (Å²) in [7, 11) is 0.